The highest BCUT2D eigenvalue weighted by molar-refractivity contribution is 7.92. The van der Waals surface area contributed by atoms with Gasteiger partial charge in [-0.05, 0) is 54.8 Å². The number of benzene rings is 4. The van der Waals surface area contributed by atoms with Gasteiger partial charge >= 0.3 is 0 Å². The minimum absolute atomic E-state index is 0.0773. The van der Waals surface area contributed by atoms with Crippen molar-refractivity contribution >= 4 is 27.5 Å². The molecule has 0 radical (unpaired) electrons. The minimum atomic E-state index is -4.10. The minimum Gasteiger partial charge on any atom is -0.355 e. The predicted molar refractivity (Wildman–Crippen MR) is 162 cm³/mol. The van der Waals surface area contributed by atoms with Crippen LogP contribution in [0.5, 0.6) is 0 Å². The van der Waals surface area contributed by atoms with E-state index < -0.39 is 28.5 Å². The SMILES string of the molecule is CCNC(=O)[C@@H](Cc1ccccc1)N(Cc1ccccc1)C(=O)CN(c1cccc(C)c1)S(=O)(=O)c1ccccc1. The number of carbonyl (C=O) groups is 2. The Bertz CT molecular complexity index is 1550. The van der Waals surface area contributed by atoms with E-state index in [0.717, 1.165) is 21.0 Å². The Morgan fingerprint density at radius 2 is 1.37 bits per heavy atom. The van der Waals surface area contributed by atoms with Crippen molar-refractivity contribution in [1.82, 2.24) is 10.2 Å². The van der Waals surface area contributed by atoms with E-state index >= 15 is 0 Å². The van der Waals surface area contributed by atoms with E-state index in [-0.39, 0.29) is 23.8 Å². The van der Waals surface area contributed by atoms with Crippen LogP contribution in [-0.4, -0.2) is 44.3 Å². The number of anilines is 1. The number of aryl methyl sites for hydroxylation is 1. The maximum Gasteiger partial charge on any atom is 0.264 e. The van der Waals surface area contributed by atoms with Gasteiger partial charge in [-0.1, -0.05) is 91.0 Å². The number of nitrogens with one attached hydrogen (secondary N) is 1. The summed E-state index contributed by atoms with van der Waals surface area (Å²) in [5.41, 5.74) is 2.95. The summed E-state index contributed by atoms with van der Waals surface area (Å²) in [6, 6.07) is 33.1. The van der Waals surface area contributed by atoms with Gasteiger partial charge in [0.1, 0.15) is 12.6 Å². The van der Waals surface area contributed by atoms with Crippen LogP contribution in [0.25, 0.3) is 0 Å². The second-order valence-corrected chi connectivity index (χ2v) is 11.6. The monoisotopic (exact) mass is 569 g/mol. The molecule has 1 atom stereocenters. The highest BCUT2D eigenvalue weighted by Crippen LogP contribution is 2.25. The summed E-state index contributed by atoms with van der Waals surface area (Å²) in [6.45, 7) is 3.76. The molecule has 0 spiro atoms. The fourth-order valence-electron chi connectivity index (χ4n) is 4.66. The molecule has 0 aromatic heterocycles. The molecule has 212 valence electrons. The van der Waals surface area contributed by atoms with Gasteiger partial charge in [0.25, 0.3) is 10.0 Å². The third kappa shape index (κ3) is 7.61. The van der Waals surface area contributed by atoms with Gasteiger partial charge < -0.3 is 10.2 Å². The fourth-order valence-corrected chi connectivity index (χ4v) is 6.08. The number of likely N-dealkylation sites (N-methyl/N-ethyl adjacent to an activating group) is 1. The molecular formula is C33H35N3O4S. The zero-order valence-corrected chi connectivity index (χ0v) is 24.1. The van der Waals surface area contributed by atoms with Crippen LogP contribution >= 0.6 is 0 Å². The van der Waals surface area contributed by atoms with Crippen molar-refractivity contribution in [2.24, 2.45) is 0 Å². The van der Waals surface area contributed by atoms with Crippen molar-refractivity contribution < 1.29 is 18.0 Å². The highest BCUT2D eigenvalue weighted by atomic mass is 32.2. The first-order valence-corrected chi connectivity index (χ1v) is 15.0. The zero-order valence-electron chi connectivity index (χ0n) is 23.3. The van der Waals surface area contributed by atoms with E-state index in [9.17, 15) is 18.0 Å². The van der Waals surface area contributed by atoms with E-state index in [2.05, 4.69) is 5.32 Å². The lowest BCUT2D eigenvalue weighted by molar-refractivity contribution is -0.140. The van der Waals surface area contributed by atoms with Crippen molar-refractivity contribution in [2.75, 3.05) is 17.4 Å². The first-order valence-electron chi connectivity index (χ1n) is 13.6. The van der Waals surface area contributed by atoms with Gasteiger partial charge in [0, 0.05) is 19.5 Å². The zero-order chi connectivity index (χ0) is 29.2. The Kier molecular flexibility index (Phi) is 9.92. The van der Waals surface area contributed by atoms with Crippen molar-refractivity contribution in [2.45, 2.75) is 37.8 Å². The Morgan fingerprint density at radius 3 is 1.95 bits per heavy atom. The van der Waals surface area contributed by atoms with E-state index in [1.165, 1.54) is 17.0 Å². The molecule has 7 nitrogen and oxygen atoms in total. The summed E-state index contributed by atoms with van der Waals surface area (Å²) in [5.74, 6) is -0.782. The molecule has 4 aromatic rings. The average molecular weight is 570 g/mol. The molecule has 41 heavy (non-hydrogen) atoms. The van der Waals surface area contributed by atoms with Gasteiger partial charge in [0.2, 0.25) is 11.8 Å². The summed E-state index contributed by atoms with van der Waals surface area (Å²) in [6.07, 6.45) is 0.279. The summed E-state index contributed by atoms with van der Waals surface area (Å²) in [7, 11) is -4.10. The maximum atomic E-state index is 14.3. The standard InChI is InChI=1S/C33H35N3O4S/c1-3-34-33(38)31(23-27-15-7-4-8-16-27)35(24-28-17-9-5-10-18-28)32(37)25-36(29-19-13-14-26(2)22-29)41(39,40)30-20-11-6-12-21-30/h4-22,31H,3,23-25H2,1-2H3,(H,34,38)/t31-/m1/s1. The normalized spacial score (nSPS) is 11.9. The molecule has 0 aliphatic rings. The second-order valence-electron chi connectivity index (χ2n) is 9.77. The summed E-state index contributed by atoms with van der Waals surface area (Å²) >= 11 is 0. The van der Waals surface area contributed by atoms with E-state index in [0.29, 0.717) is 12.2 Å². The van der Waals surface area contributed by atoms with Gasteiger partial charge in [-0.2, -0.15) is 0 Å². The molecule has 0 unspecified atom stereocenters. The van der Waals surface area contributed by atoms with Crippen LogP contribution in [0.15, 0.2) is 120 Å². The number of rotatable bonds is 12. The maximum absolute atomic E-state index is 14.3. The first kappa shape index (κ1) is 29.6. The van der Waals surface area contributed by atoms with Crippen LogP contribution in [0, 0.1) is 6.92 Å². The van der Waals surface area contributed by atoms with E-state index in [1.807, 2.05) is 80.6 Å². The van der Waals surface area contributed by atoms with Crippen LogP contribution in [-0.2, 0) is 32.6 Å². The summed E-state index contributed by atoms with van der Waals surface area (Å²) < 4.78 is 29.0. The number of hydrogen-bond acceptors (Lipinski definition) is 4. The topological polar surface area (TPSA) is 86.8 Å². The molecule has 8 heteroatoms. The van der Waals surface area contributed by atoms with Gasteiger partial charge in [0.15, 0.2) is 0 Å². The quantitative estimate of drug-likeness (QED) is 0.261. The summed E-state index contributed by atoms with van der Waals surface area (Å²) in [5, 5.41) is 2.87. The van der Waals surface area contributed by atoms with E-state index in [1.54, 1.807) is 36.4 Å². The third-order valence-corrected chi connectivity index (χ3v) is 8.51. The Morgan fingerprint density at radius 1 is 0.780 bits per heavy atom. The molecule has 2 amide bonds. The number of nitrogens with zero attached hydrogens (tertiary/aromatic N) is 2. The van der Waals surface area contributed by atoms with E-state index in [4.69, 9.17) is 0 Å². The number of amides is 2. The molecule has 1 N–H and O–H groups in total. The average Bonchev–Trinajstić information content (AvgIpc) is 2.99. The van der Waals surface area contributed by atoms with Crippen molar-refractivity contribution in [3.05, 3.63) is 132 Å². The molecule has 0 heterocycles. The van der Waals surface area contributed by atoms with Crippen LogP contribution in [0.3, 0.4) is 0 Å². The predicted octanol–water partition coefficient (Wildman–Crippen LogP) is 4.97. The lowest BCUT2D eigenvalue weighted by Gasteiger charge is -2.34. The van der Waals surface area contributed by atoms with Gasteiger partial charge in [-0.15, -0.1) is 0 Å². The molecule has 0 aliphatic carbocycles. The largest absolute Gasteiger partial charge is 0.355 e. The number of sulfonamides is 1. The van der Waals surface area contributed by atoms with Crippen molar-refractivity contribution in [3.8, 4) is 0 Å². The van der Waals surface area contributed by atoms with Crippen molar-refractivity contribution in [1.29, 1.82) is 0 Å². The highest BCUT2D eigenvalue weighted by Gasteiger charge is 2.34. The summed E-state index contributed by atoms with van der Waals surface area (Å²) in [4.78, 5) is 29.3. The van der Waals surface area contributed by atoms with Crippen LogP contribution in [0.4, 0.5) is 5.69 Å². The Labute approximate surface area is 242 Å². The Hall–Kier alpha value is -4.43. The molecule has 0 aliphatic heterocycles. The van der Waals surface area contributed by atoms with Crippen molar-refractivity contribution in [3.63, 3.8) is 0 Å². The first-order chi connectivity index (χ1) is 19.8. The molecule has 0 saturated carbocycles. The molecule has 0 fully saturated rings. The number of carbonyl (C=O) groups excluding carboxylic acids is 2. The third-order valence-electron chi connectivity index (χ3n) is 6.72. The van der Waals surface area contributed by atoms with Crippen LogP contribution < -0.4 is 9.62 Å². The fraction of sp³-hybridized carbons (Fsp3) is 0.212. The molecular weight excluding hydrogens is 534 g/mol. The molecule has 4 rings (SSSR count). The number of hydrogen-bond donors (Lipinski definition) is 1. The van der Waals surface area contributed by atoms with Crippen LogP contribution in [0.2, 0.25) is 0 Å². The lowest BCUT2D eigenvalue weighted by Crippen LogP contribution is -2.53. The lowest BCUT2D eigenvalue weighted by atomic mass is 10.0. The Balaban J connectivity index is 1.78. The second kappa shape index (κ2) is 13.8. The molecule has 0 bridgehead atoms. The van der Waals surface area contributed by atoms with Gasteiger partial charge in [-0.25, -0.2) is 8.42 Å². The smallest absolute Gasteiger partial charge is 0.264 e. The van der Waals surface area contributed by atoms with Gasteiger partial charge in [0.05, 0.1) is 10.6 Å². The van der Waals surface area contributed by atoms with Gasteiger partial charge in [-0.3, -0.25) is 13.9 Å². The van der Waals surface area contributed by atoms with Crippen LogP contribution in [0.1, 0.15) is 23.6 Å². The molecule has 4 aromatic carbocycles. The molecule has 0 saturated heterocycles.